The maximum absolute atomic E-state index is 13.1. The SMILES string of the molecule is CCN1C(=O)C(CC(=O)Nc2ccc(F)cc2)N(NC(=O)c2cccc(OC)c2)C1=S. The highest BCUT2D eigenvalue weighted by Gasteiger charge is 2.43. The zero-order valence-electron chi connectivity index (χ0n) is 16.9. The van der Waals surface area contributed by atoms with Crippen molar-refractivity contribution in [3.05, 3.63) is 59.9 Å². The Morgan fingerprint density at radius 2 is 1.90 bits per heavy atom. The van der Waals surface area contributed by atoms with Crippen LogP contribution >= 0.6 is 12.2 Å². The average molecular weight is 444 g/mol. The molecular weight excluding hydrogens is 423 g/mol. The number of carbonyl (C=O) groups is 3. The molecule has 1 atom stereocenters. The molecule has 1 saturated heterocycles. The number of halogens is 1. The number of methoxy groups -OCH3 is 1. The Kier molecular flexibility index (Phi) is 6.81. The summed E-state index contributed by atoms with van der Waals surface area (Å²) in [6, 6.07) is 10.7. The third-order valence-corrected chi connectivity index (χ3v) is 5.09. The van der Waals surface area contributed by atoms with Gasteiger partial charge in [0.25, 0.3) is 11.8 Å². The van der Waals surface area contributed by atoms with Crippen LogP contribution in [0.2, 0.25) is 0 Å². The van der Waals surface area contributed by atoms with Crippen LogP contribution in [0.5, 0.6) is 5.75 Å². The number of nitrogens with zero attached hydrogens (tertiary/aromatic N) is 2. The zero-order chi connectivity index (χ0) is 22.5. The number of nitrogens with one attached hydrogen (secondary N) is 2. The lowest BCUT2D eigenvalue weighted by atomic mass is 10.1. The Morgan fingerprint density at radius 3 is 2.55 bits per heavy atom. The van der Waals surface area contributed by atoms with Crippen LogP contribution < -0.4 is 15.5 Å². The van der Waals surface area contributed by atoms with E-state index in [9.17, 15) is 18.8 Å². The summed E-state index contributed by atoms with van der Waals surface area (Å²) >= 11 is 5.35. The first kappa shape index (κ1) is 22.2. The lowest BCUT2D eigenvalue weighted by Crippen LogP contribution is -2.49. The highest BCUT2D eigenvalue weighted by atomic mass is 32.1. The Morgan fingerprint density at radius 1 is 1.19 bits per heavy atom. The molecule has 162 valence electrons. The first-order valence-corrected chi connectivity index (χ1v) is 9.90. The summed E-state index contributed by atoms with van der Waals surface area (Å²) in [6.07, 6.45) is -0.259. The third-order valence-electron chi connectivity index (χ3n) is 4.68. The molecule has 0 bridgehead atoms. The predicted octanol–water partition coefficient (Wildman–Crippen LogP) is 2.33. The van der Waals surface area contributed by atoms with Crippen LogP contribution in [-0.4, -0.2) is 52.4 Å². The monoisotopic (exact) mass is 444 g/mol. The minimum Gasteiger partial charge on any atom is -0.497 e. The molecule has 0 radical (unpaired) electrons. The van der Waals surface area contributed by atoms with Crippen molar-refractivity contribution < 1.29 is 23.5 Å². The molecule has 31 heavy (non-hydrogen) atoms. The smallest absolute Gasteiger partial charge is 0.270 e. The largest absolute Gasteiger partial charge is 0.497 e. The summed E-state index contributed by atoms with van der Waals surface area (Å²) < 4.78 is 18.2. The molecule has 0 aromatic heterocycles. The summed E-state index contributed by atoms with van der Waals surface area (Å²) in [5.74, 6) is -1.31. The van der Waals surface area contributed by atoms with Gasteiger partial charge in [-0.2, -0.15) is 0 Å². The number of hydrogen-bond donors (Lipinski definition) is 2. The molecule has 1 aliphatic heterocycles. The van der Waals surface area contributed by atoms with Crippen molar-refractivity contribution in [2.45, 2.75) is 19.4 Å². The fraction of sp³-hybridized carbons (Fsp3) is 0.238. The first-order valence-electron chi connectivity index (χ1n) is 9.49. The van der Waals surface area contributed by atoms with Crippen LogP contribution in [-0.2, 0) is 9.59 Å². The summed E-state index contributed by atoms with van der Waals surface area (Å²) in [6.45, 7) is 2.03. The summed E-state index contributed by atoms with van der Waals surface area (Å²) in [4.78, 5) is 39.4. The van der Waals surface area contributed by atoms with Gasteiger partial charge < -0.3 is 10.1 Å². The van der Waals surface area contributed by atoms with Gasteiger partial charge in [-0.15, -0.1) is 0 Å². The molecule has 2 aromatic carbocycles. The Bertz CT molecular complexity index is 1010. The Balaban J connectivity index is 1.76. The maximum Gasteiger partial charge on any atom is 0.270 e. The standard InChI is InChI=1S/C21H21FN4O4S/c1-3-25-20(29)17(12-18(27)23-15-9-7-14(22)8-10-15)26(21(25)31)24-19(28)13-5-4-6-16(11-13)30-2/h4-11,17H,3,12H2,1-2H3,(H,23,27)(H,24,28). The lowest BCUT2D eigenvalue weighted by molar-refractivity contribution is -0.130. The Labute approximate surface area is 183 Å². The highest BCUT2D eigenvalue weighted by molar-refractivity contribution is 7.80. The van der Waals surface area contributed by atoms with E-state index in [4.69, 9.17) is 17.0 Å². The van der Waals surface area contributed by atoms with Gasteiger partial charge in [-0.1, -0.05) is 6.07 Å². The second-order valence-corrected chi connectivity index (χ2v) is 7.05. The summed E-state index contributed by atoms with van der Waals surface area (Å²) in [5, 5.41) is 3.94. The number of hydrazine groups is 1. The van der Waals surface area contributed by atoms with Gasteiger partial charge in [-0.05, 0) is 61.6 Å². The topological polar surface area (TPSA) is 91.0 Å². The number of ether oxygens (including phenoxy) is 1. The number of benzene rings is 2. The van der Waals surface area contributed by atoms with E-state index in [1.807, 2.05) is 0 Å². The highest BCUT2D eigenvalue weighted by Crippen LogP contribution is 2.21. The van der Waals surface area contributed by atoms with Crippen molar-refractivity contribution in [3.63, 3.8) is 0 Å². The maximum atomic E-state index is 13.1. The van der Waals surface area contributed by atoms with E-state index in [-0.39, 0.29) is 11.5 Å². The van der Waals surface area contributed by atoms with Crippen LogP contribution in [0.15, 0.2) is 48.5 Å². The van der Waals surface area contributed by atoms with E-state index >= 15 is 0 Å². The van der Waals surface area contributed by atoms with Gasteiger partial charge in [0.05, 0.1) is 13.5 Å². The molecule has 2 N–H and O–H groups in total. The van der Waals surface area contributed by atoms with Gasteiger partial charge in [0.15, 0.2) is 5.11 Å². The molecule has 2 aromatic rings. The number of amides is 3. The van der Waals surface area contributed by atoms with Crippen molar-refractivity contribution in [1.82, 2.24) is 15.3 Å². The molecule has 0 aliphatic carbocycles. The van der Waals surface area contributed by atoms with Crippen LogP contribution in [0.3, 0.4) is 0 Å². The number of hydrogen-bond acceptors (Lipinski definition) is 5. The van der Waals surface area contributed by atoms with Crippen LogP contribution in [0.1, 0.15) is 23.7 Å². The van der Waals surface area contributed by atoms with Crippen molar-refractivity contribution >= 4 is 40.7 Å². The number of rotatable bonds is 7. The fourth-order valence-corrected chi connectivity index (χ4v) is 3.49. The molecule has 0 saturated carbocycles. The Hall–Kier alpha value is -3.53. The third kappa shape index (κ3) is 4.97. The van der Waals surface area contributed by atoms with Gasteiger partial charge in [0, 0.05) is 17.8 Å². The second kappa shape index (κ2) is 9.52. The van der Waals surface area contributed by atoms with Gasteiger partial charge in [0.2, 0.25) is 5.91 Å². The van der Waals surface area contributed by atoms with Crippen LogP contribution in [0, 0.1) is 5.82 Å². The molecule has 10 heteroatoms. The van der Waals surface area contributed by atoms with Crippen LogP contribution in [0.4, 0.5) is 10.1 Å². The summed E-state index contributed by atoms with van der Waals surface area (Å²) in [7, 11) is 1.49. The van der Waals surface area contributed by atoms with E-state index < -0.39 is 29.6 Å². The normalized spacial score (nSPS) is 15.8. The van der Waals surface area contributed by atoms with E-state index in [2.05, 4.69) is 10.7 Å². The van der Waals surface area contributed by atoms with Crippen molar-refractivity contribution in [3.8, 4) is 5.75 Å². The molecule has 1 unspecified atom stereocenters. The fourth-order valence-electron chi connectivity index (χ4n) is 3.10. The molecule has 0 spiro atoms. The van der Waals surface area contributed by atoms with Crippen molar-refractivity contribution in [1.29, 1.82) is 0 Å². The molecule has 3 amide bonds. The van der Waals surface area contributed by atoms with Gasteiger partial charge in [-0.25, -0.2) is 9.40 Å². The van der Waals surface area contributed by atoms with E-state index in [1.165, 1.54) is 41.3 Å². The van der Waals surface area contributed by atoms with E-state index in [1.54, 1.807) is 31.2 Å². The first-order chi connectivity index (χ1) is 14.8. The molecule has 1 aliphatic rings. The number of thiocarbonyl (C=S) groups is 1. The minimum absolute atomic E-state index is 0.100. The average Bonchev–Trinajstić information content (AvgIpc) is 2.98. The molecule has 3 rings (SSSR count). The zero-order valence-corrected chi connectivity index (χ0v) is 17.7. The van der Waals surface area contributed by atoms with Crippen molar-refractivity contribution in [2.75, 3.05) is 19.0 Å². The molecule has 1 fully saturated rings. The van der Waals surface area contributed by atoms with E-state index in [0.717, 1.165) is 0 Å². The minimum atomic E-state index is -1.01. The lowest BCUT2D eigenvalue weighted by Gasteiger charge is -2.24. The number of carbonyl (C=O) groups excluding carboxylic acids is 3. The van der Waals surface area contributed by atoms with Gasteiger partial charge in [-0.3, -0.25) is 24.7 Å². The van der Waals surface area contributed by atoms with Crippen LogP contribution in [0.25, 0.3) is 0 Å². The predicted molar refractivity (Wildman–Crippen MR) is 116 cm³/mol. The second-order valence-electron chi connectivity index (χ2n) is 6.68. The molecule has 1 heterocycles. The quantitative estimate of drug-likeness (QED) is 0.637. The van der Waals surface area contributed by atoms with Gasteiger partial charge >= 0.3 is 0 Å². The number of anilines is 1. The molecule has 8 nitrogen and oxygen atoms in total. The number of likely N-dealkylation sites (N-methyl/N-ethyl adjacent to an activating group) is 1. The summed E-state index contributed by atoms with van der Waals surface area (Å²) in [5.41, 5.74) is 3.32. The van der Waals surface area contributed by atoms with Gasteiger partial charge in [0.1, 0.15) is 17.6 Å². The van der Waals surface area contributed by atoms with E-state index in [0.29, 0.717) is 23.5 Å². The molecular formula is C21H21FN4O4S. The van der Waals surface area contributed by atoms with Crippen molar-refractivity contribution in [2.24, 2.45) is 0 Å².